The first-order chi connectivity index (χ1) is 13.3. The molecule has 3 fully saturated rings. The van der Waals surface area contributed by atoms with Crippen molar-refractivity contribution in [3.05, 3.63) is 34.9 Å². The minimum Gasteiger partial charge on any atom is -0.384 e. The Hall–Kier alpha value is -1.79. The van der Waals surface area contributed by atoms with Gasteiger partial charge in [-0.05, 0) is 67.7 Å². The smallest absolute Gasteiger partial charge is 0.104 e. The minimum atomic E-state index is -0.0866. The molecule has 1 aliphatic heterocycles. The van der Waals surface area contributed by atoms with Crippen molar-refractivity contribution in [3.63, 3.8) is 0 Å². The lowest BCUT2D eigenvalue weighted by atomic mass is 9.76. The number of aliphatic hydroxyl groups is 1. The Morgan fingerprint density at radius 1 is 1.04 bits per heavy atom. The predicted molar refractivity (Wildman–Crippen MR) is 110 cm³/mol. The first-order valence-electron chi connectivity index (χ1n) is 10.8. The van der Waals surface area contributed by atoms with E-state index in [-0.39, 0.29) is 6.61 Å². The first-order valence-corrected chi connectivity index (χ1v) is 10.8. The normalized spacial score (nSPS) is 23.8. The molecule has 4 rings (SSSR count). The van der Waals surface area contributed by atoms with Crippen molar-refractivity contribution in [1.82, 2.24) is 4.90 Å². The molecule has 1 aromatic rings. The summed E-state index contributed by atoms with van der Waals surface area (Å²) in [5, 5.41) is 17.8. The van der Waals surface area contributed by atoms with E-state index >= 15 is 0 Å². The number of nitrogens with one attached hydrogen (secondary N) is 1. The van der Waals surface area contributed by atoms with Gasteiger partial charge in [0.2, 0.25) is 0 Å². The van der Waals surface area contributed by atoms with Crippen LogP contribution in [0.2, 0.25) is 0 Å². The van der Waals surface area contributed by atoms with Crippen LogP contribution in [0.3, 0.4) is 0 Å². The average molecular weight is 365 g/mol. The Bertz CT molecular complexity index is 734. The van der Waals surface area contributed by atoms with Gasteiger partial charge in [-0.3, -0.25) is 5.41 Å². The molecule has 3 aliphatic rings. The highest BCUT2D eigenvalue weighted by atomic mass is 16.2. The topological polar surface area (TPSA) is 47.3 Å². The van der Waals surface area contributed by atoms with Crippen LogP contribution >= 0.6 is 0 Å². The van der Waals surface area contributed by atoms with Crippen molar-refractivity contribution in [1.29, 1.82) is 5.41 Å². The molecule has 1 unspecified atom stereocenters. The number of rotatable bonds is 4. The quantitative estimate of drug-likeness (QED) is 0.774. The molecule has 1 saturated heterocycles. The first kappa shape index (κ1) is 18.6. The van der Waals surface area contributed by atoms with Gasteiger partial charge < -0.3 is 10.0 Å². The van der Waals surface area contributed by atoms with E-state index in [2.05, 4.69) is 34.9 Å². The van der Waals surface area contributed by atoms with Crippen LogP contribution in [0.15, 0.2) is 18.2 Å². The van der Waals surface area contributed by atoms with Crippen molar-refractivity contribution in [2.24, 2.45) is 5.92 Å². The summed E-state index contributed by atoms with van der Waals surface area (Å²) in [7, 11) is 0. The summed E-state index contributed by atoms with van der Waals surface area (Å²) in [6.45, 7) is 0.990. The lowest BCUT2D eigenvalue weighted by molar-refractivity contribution is 0.257. The zero-order valence-corrected chi connectivity index (χ0v) is 16.3. The van der Waals surface area contributed by atoms with E-state index in [1.54, 1.807) is 0 Å². The molecule has 27 heavy (non-hydrogen) atoms. The maximum atomic E-state index is 8.97. The second-order valence-electron chi connectivity index (χ2n) is 8.56. The lowest BCUT2D eigenvalue weighted by Crippen LogP contribution is -2.38. The SMILES string of the molecule is N=C1C(Cc2ccc(C#CCO)cc2C2CCC2)CCN1C1CCCCC1. The number of hydrogen-bond donors (Lipinski definition) is 2. The van der Waals surface area contributed by atoms with Crippen LogP contribution in [-0.4, -0.2) is 35.0 Å². The van der Waals surface area contributed by atoms with Crippen LogP contribution in [-0.2, 0) is 6.42 Å². The monoisotopic (exact) mass is 364 g/mol. The number of benzene rings is 1. The zero-order chi connectivity index (χ0) is 18.6. The summed E-state index contributed by atoms with van der Waals surface area (Å²) < 4.78 is 0. The number of aliphatic hydroxyl groups excluding tert-OH is 1. The standard InChI is InChI=1S/C24H32N2O/c25-24-21(13-14-26(24)22-9-2-1-3-10-22)17-20-12-11-18(6-5-15-27)16-23(20)19-7-4-8-19/h11-12,16,19,21-22,25,27H,1-4,7-10,13-15,17H2. The molecule has 2 saturated carbocycles. The maximum absolute atomic E-state index is 8.97. The van der Waals surface area contributed by atoms with Crippen molar-refractivity contribution < 1.29 is 5.11 Å². The highest BCUT2D eigenvalue weighted by Gasteiger charge is 2.34. The Labute approximate surface area is 163 Å². The fourth-order valence-electron chi connectivity index (χ4n) is 5.12. The van der Waals surface area contributed by atoms with E-state index in [9.17, 15) is 0 Å². The number of hydrogen-bond acceptors (Lipinski definition) is 2. The molecule has 0 amide bonds. The van der Waals surface area contributed by atoms with Crippen LogP contribution in [0.5, 0.6) is 0 Å². The van der Waals surface area contributed by atoms with E-state index in [0.29, 0.717) is 17.9 Å². The highest BCUT2D eigenvalue weighted by molar-refractivity contribution is 5.84. The lowest BCUT2D eigenvalue weighted by Gasteiger charge is -2.33. The van der Waals surface area contributed by atoms with Crippen LogP contribution in [0.4, 0.5) is 0 Å². The molecule has 2 N–H and O–H groups in total. The van der Waals surface area contributed by atoms with Crippen LogP contribution in [0.25, 0.3) is 0 Å². The van der Waals surface area contributed by atoms with Gasteiger partial charge in [-0.2, -0.15) is 0 Å². The van der Waals surface area contributed by atoms with Crippen LogP contribution in [0, 0.1) is 23.2 Å². The molecule has 0 spiro atoms. The molecule has 3 heteroatoms. The Kier molecular flexibility index (Phi) is 5.83. The molecule has 1 aromatic carbocycles. The van der Waals surface area contributed by atoms with E-state index in [0.717, 1.165) is 30.8 Å². The van der Waals surface area contributed by atoms with E-state index in [1.165, 1.54) is 62.5 Å². The summed E-state index contributed by atoms with van der Waals surface area (Å²) in [6.07, 6.45) is 12.6. The molecular weight excluding hydrogens is 332 g/mol. The van der Waals surface area contributed by atoms with Crippen molar-refractivity contribution in [2.75, 3.05) is 13.2 Å². The molecule has 2 aliphatic carbocycles. The number of amidine groups is 1. The summed E-state index contributed by atoms with van der Waals surface area (Å²) >= 11 is 0. The molecule has 1 heterocycles. The van der Waals surface area contributed by atoms with Crippen molar-refractivity contribution in [3.8, 4) is 11.8 Å². The van der Waals surface area contributed by atoms with Crippen molar-refractivity contribution >= 4 is 5.84 Å². The van der Waals surface area contributed by atoms with Gasteiger partial charge in [0.05, 0.1) is 5.84 Å². The zero-order valence-electron chi connectivity index (χ0n) is 16.3. The Balaban J connectivity index is 1.49. The van der Waals surface area contributed by atoms with E-state index in [1.807, 2.05) is 0 Å². The second-order valence-corrected chi connectivity index (χ2v) is 8.56. The summed E-state index contributed by atoms with van der Waals surface area (Å²) in [4.78, 5) is 2.42. The molecule has 3 nitrogen and oxygen atoms in total. The number of nitrogens with zero attached hydrogens (tertiary/aromatic N) is 1. The Morgan fingerprint density at radius 3 is 2.56 bits per heavy atom. The van der Waals surface area contributed by atoms with Crippen LogP contribution in [0.1, 0.15) is 80.4 Å². The van der Waals surface area contributed by atoms with Crippen LogP contribution < -0.4 is 0 Å². The van der Waals surface area contributed by atoms with E-state index < -0.39 is 0 Å². The van der Waals surface area contributed by atoms with Crippen molar-refractivity contribution in [2.45, 2.75) is 76.2 Å². The van der Waals surface area contributed by atoms with Gasteiger partial charge in [0.1, 0.15) is 6.61 Å². The fourth-order valence-corrected chi connectivity index (χ4v) is 5.12. The molecule has 0 aromatic heterocycles. The summed E-state index contributed by atoms with van der Waals surface area (Å²) in [6, 6.07) is 7.21. The maximum Gasteiger partial charge on any atom is 0.104 e. The fraction of sp³-hybridized carbons (Fsp3) is 0.625. The average Bonchev–Trinajstić information content (AvgIpc) is 3.01. The van der Waals surface area contributed by atoms with Gasteiger partial charge in [0.15, 0.2) is 0 Å². The largest absolute Gasteiger partial charge is 0.384 e. The Morgan fingerprint density at radius 2 is 1.85 bits per heavy atom. The molecule has 1 atom stereocenters. The van der Waals surface area contributed by atoms with E-state index in [4.69, 9.17) is 10.5 Å². The number of likely N-dealkylation sites (tertiary alicyclic amines) is 1. The third kappa shape index (κ3) is 4.06. The third-order valence-corrected chi connectivity index (χ3v) is 6.90. The molecular formula is C24H32N2O. The van der Waals surface area contributed by atoms with Gasteiger partial charge in [-0.15, -0.1) is 0 Å². The predicted octanol–water partition coefficient (Wildman–Crippen LogP) is 4.47. The molecule has 144 valence electrons. The van der Waals surface area contributed by atoms with Gasteiger partial charge >= 0.3 is 0 Å². The van der Waals surface area contributed by atoms with Gasteiger partial charge in [0.25, 0.3) is 0 Å². The third-order valence-electron chi connectivity index (χ3n) is 6.90. The minimum absolute atomic E-state index is 0.0866. The second kappa shape index (κ2) is 8.48. The van der Waals surface area contributed by atoms with Gasteiger partial charge in [0, 0.05) is 24.1 Å². The van der Waals surface area contributed by atoms with Gasteiger partial charge in [-0.25, -0.2) is 0 Å². The highest BCUT2D eigenvalue weighted by Crippen LogP contribution is 2.40. The molecule has 0 bridgehead atoms. The molecule has 0 radical (unpaired) electrons. The summed E-state index contributed by atoms with van der Waals surface area (Å²) in [5.74, 6) is 7.78. The summed E-state index contributed by atoms with van der Waals surface area (Å²) in [5.41, 5.74) is 3.89. The van der Waals surface area contributed by atoms with Gasteiger partial charge in [-0.1, -0.05) is 43.6 Å².